The van der Waals surface area contributed by atoms with Crippen molar-refractivity contribution in [3.8, 4) is 17.0 Å². The average molecular weight is 498 g/mol. The van der Waals surface area contributed by atoms with Crippen molar-refractivity contribution in [1.29, 1.82) is 0 Å². The largest absolute Gasteiger partial charge is 0.490 e. The van der Waals surface area contributed by atoms with Crippen LogP contribution in [0.3, 0.4) is 0 Å². The van der Waals surface area contributed by atoms with E-state index in [1.165, 1.54) is 35.4 Å². The van der Waals surface area contributed by atoms with Gasteiger partial charge in [-0.2, -0.15) is 18.3 Å². The summed E-state index contributed by atoms with van der Waals surface area (Å²) in [6, 6.07) is 7.03. The molecule has 0 radical (unpaired) electrons. The molecule has 0 saturated carbocycles. The number of nitrogens with one attached hydrogen (secondary N) is 1. The van der Waals surface area contributed by atoms with Crippen molar-refractivity contribution in [1.82, 2.24) is 20.2 Å². The van der Waals surface area contributed by atoms with Crippen molar-refractivity contribution in [3.05, 3.63) is 59.0 Å². The molecule has 0 bridgehead atoms. The van der Waals surface area contributed by atoms with Gasteiger partial charge in [-0.25, -0.2) is 18.7 Å². The third-order valence-electron chi connectivity index (χ3n) is 4.96. The maximum Gasteiger partial charge on any atom is 0.416 e. The summed E-state index contributed by atoms with van der Waals surface area (Å²) < 4.78 is 72.2. The number of benzene rings is 2. The Hall–Kier alpha value is -3.47. The molecular weight excluding hydrogens is 481 g/mol. The molecule has 12 heteroatoms. The van der Waals surface area contributed by atoms with Crippen molar-refractivity contribution in [2.45, 2.75) is 13.1 Å². The number of alkyl halides is 4. The molecule has 2 aromatic heterocycles. The van der Waals surface area contributed by atoms with Gasteiger partial charge in [0.05, 0.1) is 28.0 Å². The summed E-state index contributed by atoms with van der Waals surface area (Å²) >= 11 is 6.19. The van der Waals surface area contributed by atoms with Gasteiger partial charge in [0.1, 0.15) is 41.6 Å². The molecule has 4 aromatic rings. The molecule has 0 aliphatic heterocycles. The topological polar surface area (TPSA) is 66.9 Å². The third-order valence-corrected chi connectivity index (χ3v) is 5.26. The lowest BCUT2D eigenvalue weighted by atomic mass is 10.1. The molecule has 0 spiro atoms. The van der Waals surface area contributed by atoms with E-state index in [0.29, 0.717) is 11.0 Å². The lowest BCUT2D eigenvalue weighted by molar-refractivity contribution is -0.137. The minimum absolute atomic E-state index is 0.0385. The van der Waals surface area contributed by atoms with Gasteiger partial charge in [0.25, 0.3) is 0 Å². The second-order valence-electron chi connectivity index (χ2n) is 7.06. The van der Waals surface area contributed by atoms with Crippen LogP contribution in [0.1, 0.15) is 12.5 Å². The first-order valence-electron chi connectivity index (χ1n) is 10.1. The maximum absolute atomic E-state index is 14.9. The van der Waals surface area contributed by atoms with Gasteiger partial charge >= 0.3 is 6.18 Å². The van der Waals surface area contributed by atoms with Gasteiger partial charge in [-0.05, 0) is 37.3 Å². The summed E-state index contributed by atoms with van der Waals surface area (Å²) in [7, 11) is 0. The van der Waals surface area contributed by atoms with Crippen molar-refractivity contribution in [2.75, 3.05) is 24.7 Å². The van der Waals surface area contributed by atoms with Crippen LogP contribution in [0.25, 0.3) is 22.3 Å². The zero-order valence-electron chi connectivity index (χ0n) is 17.6. The normalized spacial score (nSPS) is 11.7. The quantitative estimate of drug-likeness (QED) is 0.302. The Kier molecular flexibility index (Phi) is 6.56. The molecule has 0 aliphatic rings. The highest BCUT2D eigenvalue weighted by atomic mass is 35.5. The minimum atomic E-state index is -4.56. The fraction of sp³-hybridized carbons (Fsp3) is 0.227. The molecular formula is C22H17ClF5N5O. The number of H-pyrrole nitrogens is 1. The first-order valence-corrected chi connectivity index (χ1v) is 10.5. The number of rotatable bonds is 7. The molecule has 2 aromatic carbocycles. The Morgan fingerprint density at radius 3 is 2.62 bits per heavy atom. The minimum Gasteiger partial charge on any atom is -0.490 e. The van der Waals surface area contributed by atoms with Gasteiger partial charge < -0.3 is 9.64 Å². The molecule has 0 aliphatic carbocycles. The summed E-state index contributed by atoms with van der Waals surface area (Å²) in [4.78, 5) is 10.4. The van der Waals surface area contributed by atoms with E-state index in [0.717, 1.165) is 12.1 Å². The summed E-state index contributed by atoms with van der Waals surface area (Å²) in [5.74, 6) is -0.561. The fourth-order valence-electron chi connectivity index (χ4n) is 3.45. The number of halogens is 6. The zero-order valence-corrected chi connectivity index (χ0v) is 18.4. The number of nitrogens with zero attached hydrogens (tertiary/aromatic N) is 4. The Morgan fingerprint density at radius 2 is 1.94 bits per heavy atom. The lowest BCUT2D eigenvalue weighted by Crippen LogP contribution is -2.20. The van der Waals surface area contributed by atoms with Crippen molar-refractivity contribution in [3.63, 3.8) is 0 Å². The van der Waals surface area contributed by atoms with E-state index in [9.17, 15) is 22.0 Å². The van der Waals surface area contributed by atoms with Crippen LogP contribution >= 0.6 is 11.6 Å². The van der Waals surface area contributed by atoms with Gasteiger partial charge in [0, 0.05) is 6.54 Å². The molecule has 0 unspecified atom stereocenters. The highest BCUT2D eigenvalue weighted by molar-refractivity contribution is 6.33. The summed E-state index contributed by atoms with van der Waals surface area (Å²) in [6.45, 7) is 0.898. The highest BCUT2D eigenvalue weighted by Gasteiger charge is 2.31. The van der Waals surface area contributed by atoms with Gasteiger partial charge in [-0.3, -0.25) is 5.10 Å². The predicted molar refractivity (Wildman–Crippen MR) is 118 cm³/mol. The van der Waals surface area contributed by atoms with Crippen molar-refractivity contribution < 1.29 is 26.7 Å². The smallest absolute Gasteiger partial charge is 0.416 e. The molecule has 6 nitrogen and oxygen atoms in total. The number of ether oxygens (including phenoxy) is 1. The van der Waals surface area contributed by atoms with E-state index in [1.54, 1.807) is 6.92 Å². The van der Waals surface area contributed by atoms with E-state index < -0.39 is 24.2 Å². The van der Waals surface area contributed by atoms with Gasteiger partial charge in [0.15, 0.2) is 0 Å². The second kappa shape index (κ2) is 9.41. The van der Waals surface area contributed by atoms with Crippen LogP contribution in [0, 0.1) is 5.82 Å². The Bertz CT molecular complexity index is 1330. The number of aromatic nitrogens is 4. The van der Waals surface area contributed by atoms with E-state index in [2.05, 4.69) is 20.2 Å². The molecule has 0 amide bonds. The molecule has 34 heavy (non-hydrogen) atoms. The van der Waals surface area contributed by atoms with E-state index in [1.807, 2.05) is 0 Å². The molecule has 178 valence electrons. The van der Waals surface area contributed by atoms with Crippen LogP contribution in [0.2, 0.25) is 5.02 Å². The number of anilines is 2. The van der Waals surface area contributed by atoms with Crippen LogP contribution in [0.15, 0.2) is 42.6 Å². The van der Waals surface area contributed by atoms with E-state index in [4.69, 9.17) is 16.3 Å². The molecule has 1 N–H and O–H groups in total. The zero-order chi connectivity index (χ0) is 24.5. The summed E-state index contributed by atoms with van der Waals surface area (Å²) in [6.07, 6.45) is -3.16. The van der Waals surface area contributed by atoms with Crippen LogP contribution in [0.4, 0.5) is 33.6 Å². The Labute approximate surface area is 195 Å². The van der Waals surface area contributed by atoms with Crippen molar-refractivity contribution in [2.24, 2.45) is 0 Å². The second-order valence-corrected chi connectivity index (χ2v) is 7.47. The summed E-state index contributed by atoms with van der Waals surface area (Å²) in [5, 5.41) is 6.50. The third kappa shape index (κ3) is 4.47. The lowest BCUT2D eigenvalue weighted by Gasteiger charge is -2.23. The molecule has 2 heterocycles. The average Bonchev–Trinajstić information content (AvgIpc) is 3.27. The SMILES string of the molecule is CCN(c1nc(-c2c(F)cccc2OCCF)c2[nH]ncc2n1)c1ccc(C(F)(F)F)cc1Cl. The predicted octanol–water partition coefficient (Wildman–Crippen LogP) is 6.34. The first-order chi connectivity index (χ1) is 16.2. The number of hydrogen-bond acceptors (Lipinski definition) is 5. The van der Waals surface area contributed by atoms with Gasteiger partial charge in [0.2, 0.25) is 5.95 Å². The first kappa shape index (κ1) is 23.7. The monoisotopic (exact) mass is 497 g/mol. The van der Waals surface area contributed by atoms with Crippen LogP contribution in [-0.4, -0.2) is 40.0 Å². The van der Waals surface area contributed by atoms with Gasteiger partial charge in [-0.1, -0.05) is 17.7 Å². The van der Waals surface area contributed by atoms with Crippen LogP contribution in [0.5, 0.6) is 5.75 Å². The van der Waals surface area contributed by atoms with E-state index >= 15 is 0 Å². The molecule has 0 atom stereocenters. The number of hydrogen-bond donors (Lipinski definition) is 1. The Morgan fingerprint density at radius 1 is 1.15 bits per heavy atom. The fourth-order valence-corrected chi connectivity index (χ4v) is 3.74. The van der Waals surface area contributed by atoms with Crippen LogP contribution < -0.4 is 9.64 Å². The maximum atomic E-state index is 14.9. The summed E-state index contributed by atoms with van der Waals surface area (Å²) in [5.41, 5.74) is 0.00247. The number of fused-ring (bicyclic) bond motifs is 1. The Balaban J connectivity index is 1.88. The standard InChI is InChI=1S/C22H17ClF5N5O/c1-2-33(16-7-6-12(10-13(16)23)22(26,27)28)21-30-15-11-29-32-19(15)20(31-21)18-14(25)4-3-5-17(18)34-9-8-24/h3-7,10-11H,2,8-9H2,1H3,(H,29,32). The van der Waals surface area contributed by atoms with E-state index in [-0.39, 0.29) is 46.8 Å². The highest BCUT2D eigenvalue weighted by Crippen LogP contribution is 2.39. The van der Waals surface area contributed by atoms with Crippen LogP contribution in [-0.2, 0) is 6.18 Å². The number of aromatic amines is 1. The van der Waals surface area contributed by atoms with Gasteiger partial charge in [-0.15, -0.1) is 0 Å². The molecule has 4 rings (SSSR count). The molecule has 0 fully saturated rings. The van der Waals surface area contributed by atoms with Crippen molar-refractivity contribution >= 4 is 34.3 Å². The molecule has 0 saturated heterocycles.